The highest BCUT2D eigenvalue weighted by atomic mass is 79.9. The van der Waals surface area contributed by atoms with Crippen LogP contribution in [0.4, 0.5) is 5.82 Å². The van der Waals surface area contributed by atoms with Crippen molar-refractivity contribution in [2.75, 3.05) is 0 Å². The Labute approximate surface area is 141 Å². The number of rotatable bonds is 3. The Morgan fingerprint density at radius 2 is 1.87 bits per heavy atom. The van der Waals surface area contributed by atoms with E-state index in [1.54, 1.807) is 0 Å². The lowest BCUT2D eigenvalue weighted by molar-refractivity contribution is 0.337. The van der Waals surface area contributed by atoms with E-state index in [2.05, 4.69) is 30.9 Å². The number of nitrogens with zero attached hydrogens (tertiary/aromatic N) is 3. The molecule has 2 heterocycles. The quantitative estimate of drug-likeness (QED) is 0.684. The van der Waals surface area contributed by atoms with E-state index in [9.17, 15) is 5.11 Å². The Bertz CT molecular complexity index is 850. The lowest BCUT2D eigenvalue weighted by Gasteiger charge is -1.97. The van der Waals surface area contributed by atoms with Gasteiger partial charge >= 0.3 is 5.95 Å². The van der Waals surface area contributed by atoms with Crippen LogP contribution >= 0.6 is 15.9 Å². The number of benzene rings is 1. The summed E-state index contributed by atoms with van der Waals surface area (Å²) in [5, 5.41) is 9.88. The summed E-state index contributed by atoms with van der Waals surface area (Å²) in [7, 11) is 0. The molecule has 0 saturated heterocycles. The first kappa shape index (κ1) is 15.4. The Kier molecular flexibility index (Phi) is 4.25. The van der Waals surface area contributed by atoms with Crippen LogP contribution in [0.1, 0.15) is 17.0 Å². The van der Waals surface area contributed by atoms with Gasteiger partial charge in [0.25, 0.3) is 0 Å². The van der Waals surface area contributed by atoms with Crippen LogP contribution in [0.25, 0.3) is 11.5 Å². The fourth-order valence-electron chi connectivity index (χ4n) is 2.14. The average molecular weight is 372 g/mol. The molecule has 0 fully saturated rings. The Balaban J connectivity index is 1.89. The number of aromatic nitrogens is 2. The number of hydrogen-bond acceptors (Lipinski definition) is 5. The van der Waals surface area contributed by atoms with E-state index in [1.807, 2.05) is 50.2 Å². The summed E-state index contributed by atoms with van der Waals surface area (Å²) in [5.74, 6) is 0.635. The molecule has 0 spiro atoms. The van der Waals surface area contributed by atoms with Gasteiger partial charge in [0.15, 0.2) is 11.5 Å². The van der Waals surface area contributed by atoms with Crippen LogP contribution in [0.15, 0.2) is 50.3 Å². The molecule has 0 aliphatic heterocycles. The molecule has 0 aliphatic rings. The second-order valence-corrected chi connectivity index (χ2v) is 6.03. The smallest absolute Gasteiger partial charge is 0.312 e. The monoisotopic (exact) mass is 371 g/mol. The number of hydrogen-bond donors (Lipinski definition) is 1. The molecule has 1 aromatic carbocycles. The SMILES string of the molecule is Cc1cc(C)nc(N=Cc2nc(-c3ccc(Br)cc3)oc2O)c1. The largest absolute Gasteiger partial charge is 0.479 e. The molecule has 1 N–H and O–H groups in total. The first-order valence-corrected chi connectivity index (χ1v) is 7.75. The zero-order valence-corrected chi connectivity index (χ0v) is 14.2. The zero-order chi connectivity index (χ0) is 16.4. The molecule has 23 heavy (non-hydrogen) atoms. The second kappa shape index (κ2) is 6.34. The molecule has 2 aromatic heterocycles. The lowest BCUT2D eigenvalue weighted by atomic mass is 10.2. The minimum absolute atomic E-state index is 0.267. The van der Waals surface area contributed by atoms with Gasteiger partial charge < -0.3 is 9.52 Å². The first-order valence-electron chi connectivity index (χ1n) is 6.96. The maximum atomic E-state index is 9.88. The number of aliphatic imine (C=N–C) groups is 1. The van der Waals surface area contributed by atoms with Gasteiger partial charge in [-0.3, -0.25) is 0 Å². The van der Waals surface area contributed by atoms with Crippen LogP contribution in [0.2, 0.25) is 0 Å². The topological polar surface area (TPSA) is 71.5 Å². The molecular formula is C17H14BrN3O2. The van der Waals surface area contributed by atoms with E-state index < -0.39 is 0 Å². The molecule has 0 saturated carbocycles. The van der Waals surface area contributed by atoms with Gasteiger partial charge in [-0.05, 0) is 55.8 Å². The highest BCUT2D eigenvalue weighted by Crippen LogP contribution is 2.26. The Morgan fingerprint density at radius 3 is 2.57 bits per heavy atom. The van der Waals surface area contributed by atoms with Gasteiger partial charge in [0.05, 0.1) is 6.21 Å². The van der Waals surface area contributed by atoms with Gasteiger partial charge in [0.1, 0.15) is 0 Å². The molecule has 0 atom stereocenters. The molecule has 5 nitrogen and oxygen atoms in total. The van der Waals surface area contributed by atoms with E-state index in [-0.39, 0.29) is 11.6 Å². The summed E-state index contributed by atoms with van der Waals surface area (Å²) in [5.41, 5.74) is 3.00. The van der Waals surface area contributed by atoms with Crippen molar-refractivity contribution in [2.45, 2.75) is 13.8 Å². The average Bonchev–Trinajstić information content (AvgIpc) is 2.86. The zero-order valence-electron chi connectivity index (χ0n) is 12.6. The van der Waals surface area contributed by atoms with Crippen molar-refractivity contribution in [3.8, 4) is 17.4 Å². The fraction of sp³-hybridized carbons (Fsp3) is 0.118. The fourth-order valence-corrected chi connectivity index (χ4v) is 2.40. The molecule has 3 rings (SSSR count). The maximum Gasteiger partial charge on any atom is 0.312 e. The van der Waals surface area contributed by atoms with Gasteiger partial charge in [0, 0.05) is 15.7 Å². The minimum atomic E-state index is -0.268. The third kappa shape index (κ3) is 3.65. The number of halogens is 1. The molecule has 0 unspecified atom stereocenters. The number of aromatic hydroxyl groups is 1. The van der Waals surface area contributed by atoms with Crippen LogP contribution in [0, 0.1) is 13.8 Å². The summed E-state index contributed by atoms with van der Waals surface area (Å²) in [4.78, 5) is 12.8. The first-order chi connectivity index (χ1) is 11.0. The van der Waals surface area contributed by atoms with Crippen molar-refractivity contribution < 1.29 is 9.52 Å². The van der Waals surface area contributed by atoms with Gasteiger partial charge in [-0.25, -0.2) is 15.0 Å². The summed E-state index contributed by atoms with van der Waals surface area (Å²) in [6.45, 7) is 3.89. The van der Waals surface area contributed by atoms with Crippen molar-refractivity contribution >= 4 is 28.0 Å². The van der Waals surface area contributed by atoms with Crippen molar-refractivity contribution in [1.29, 1.82) is 0 Å². The molecular weight excluding hydrogens is 358 g/mol. The molecule has 0 amide bonds. The number of pyridine rings is 1. The molecule has 6 heteroatoms. The van der Waals surface area contributed by atoms with Crippen LogP contribution in [-0.2, 0) is 0 Å². The van der Waals surface area contributed by atoms with Gasteiger partial charge in [-0.2, -0.15) is 0 Å². The van der Waals surface area contributed by atoms with Crippen molar-refractivity contribution in [3.05, 3.63) is 57.8 Å². The highest BCUT2D eigenvalue weighted by molar-refractivity contribution is 9.10. The molecule has 0 bridgehead atoms. The third-order valence-corrected chi connectivity index (χ3v) is 3.66. The van der Waals surface area contributed by atoms with Crippen molar-refractivity contribution in [3.63, 3.8) is 0 Å². The van der Waals surface area contributed by atoms with Crippen LogP contribution in [0.3, 0.4) is 0 Å². The predicted octanol–water partition coefficient (Wildman–Crippen LogP) is 4.57. The molecule has 0 radical (unpaired) electrons. The van der Waals surface area contributed by atoms with Gasteiger partial charge in [-0.1, -0.05) is 15.9 Å². The number of aryl methyl sites for hydroxylation is 2. The highest BCUT2D eigenvalue weighted by Gasteiger charge is 2.12. The minimum Gasteiger partial charge on any atom is -0.479 e. The second-order valence-electron chi connectivity index (χ2n) is 5.12. The van der Waals surface area contributed by atoms with E-state index in [4.69, 9.17) is 4.42 Å². The van der Waals surface area contributed by atoms with Crippen LogP contribution in [0.5, 0.6) is 5.95 Å². The summed E-state index contributed by atoms with van der Waals surface area (Å²) >= 11 is 3.37. The predicted molar refractivity (Wildman–Crippen MR) is 92.3 cm³/mol. The summed E-state index contributed by atoms with van der Waals surface area (Å²) < 4.78 is 6.25. The Morgan fingerprint density at radius 1 is 1.13 bits per heavy atom. The van der Waals surface area contributed by atoms with E-state index >= 15 is 0 Å². The van der Waals surface area contributed by atoms with Gasteiger partial charge in [0.2, 0.25) is 5.89 Å². The van der Waals surface area contributed by atoms with E-state index in [1.165, 1.54) is 6.21 Å². The van der Waals surface area contributed by atoms with Gasteiger partial charge in [-0.15, -0.1) is 0 Å². The van der Waals surface area contributed by atoms with Crippen LogP contribution in [-0.4, -0.2) is 21.3 Å². The maximum absolute atomic E-state index is 9.88. The molecule has 116 valence electrons. The lowest BCUT2D eigenvalue weighted by Crippen LogP contribution is -1.86. The summed E-state index contributed by atoms with van der Waals surface area (Å²) in [6.07, 6.45) is 1.45. The van der Waals surface area contributed by atoms with E-state index in [0.29, 0.717) is 11.7 Å². The number of oxazole rings is 1. The van der Waals surface area contributed by atoms with Crippen LogP contribution < -0.4 is 0 Å². The van der Waals surface area contributed by atoms with Crippen molar-refractivity contribution in [1.82, 2.24) is 9.97 Å². The normalized spacial score (nSPS) is 11.3. The molecule has 0 aliphatic carbocycles. The Hall–Kier alpha value is -2.47. The summed E-state index contributed by atoms with van der Waals surface area (Å²) in [6, 6.07) is 11.3. The van der Waals surface area contributed by atoms with E-state index in [0.717, 1.165) is 21.3 Å². The molecule has 3 aromatic rings. The van der Waals surface area contributed by atoms with Crippen molar-refractivity contribution in [2.24, 2.45) is 4.99 Å². The standard InChI is InChI=1S/C17H14BrN3O2/c1-10-7-11(2)20-15(8-10)19-9-14-17(22)23-16(21-14)12-3-5-13(18)6-4-12/h3-9,22H,1-2H3. The third-order valence-electron chi connectivity index (χ3n) is 3.13.